The van der Waals surface area contributed by atoms with Gasteiger partial charge in [-0.2, -0.15) is 0 Å². The zero-order chi connectivity index (χ0) is 11.7. The Balaban J connectivity index is 2.64. The molecular formula is C9H7N3. The summed E-state index contributed by atoms with van der Waals surface area (Å²) in [4.78, 5) is 11.0. The molecule has 0 radical (unpaired) electrons. The molecule has 2 heterocycles. The van der Waals surface area contributed by atoms with Crippen LogP contribution in [0.5, 0.6) is 0 Å². The van der Waals surface area contributed by atoms with Crippen LogP contribution in [0.2, 0.25) is 0 Å². The normalized spacial score (nSPS) is 14.3. The molecule has 2 aromatic rings. The van der Waals surface area contributed by atoms with Crippen molar-refractivity contribution >= 4 is 0 Å². The van der Waals surface area contributed by atoms with Gasteiger partial charge in [-0.25, -0.2) is 9.97 Å². The van der Waals surface area contributed by atoms with Crippen LogP contribution in [0.25, 0.3) is 11.3 Å². The summed E-state index contributed by atoms with van der Waals surface area (Å²) in [6.07, 6.45) is -0.752. The number of aromatic nitrogens is 3. The second-order valence-electron chi connectivity index (χ2n) is 2.07. The van der Waals surface area contributed by atoms with Crippen molar-refractivity contribution in [2.75, 3.05) is 0 Å². The van der Waals surface area contributed by atoms with Gasteiger partial charge in [0, 0.05) is 24.1 Å². The summed E-state index contributed by atoms with van der Waals surface area (Å²) < 4.78 is 29.7. The Hall–Kier alpha value is -1.77. The Morgan fingerprint density at radius 2 is 2.00 bits per heavy atom. The van der Waals surface area contributed by atoms with Gasteiger partial charge in [0.25, 0.3) is 0 Å². The number of nitrogens with zero attached hydrogens (tertiary/aromatic N) is 3. The molecule has 0 amide bonds. The van der Waals surface area contributed by atoms with Crippen LogP contribution in [-0.2, 0) is 0 Å². The highest BCUT2D eigenvalue weighted by Gasteiger charge is 1.95. The molecule has 0 bridgehead atoms. The van der Waals surface area contributed by atoms with E-state index in [9.17, 15) is 0 Å². The average Bonchev–Trinajstić information content (AvgIpc) is 2.15. The van der Waals surface area contributed by atoms with Crippen molar-refractivity contribution in [2.24, 2.45) is 0 Å². The first-order valence-corrected chi connectivity index (χ1v) is 3.34. The van der Waals surface area contributed by atoms with Gasteiger partial charge in [0.05, 0.1) is 9.81 Å². The number of hydrogen-bond acceptors (Lipinski definition) is 3. The summed E-state index contributed by atoms with van der Waals surface area (Å²) in [6, 6.07) is 4.69. The van der Waals surface area contributed by atoms with Crippen LogP contribution in [0.1, 0.15) is 5.48 Å². The predicted molar refractivity (Wildman–Crippen MR) is 45.3 cm³/mol. The molecule has 0 unspecified atom stereocenters. The van der Waals surface area contributed by atoms with E-state index in [0.717, 1.165) is 0 Å². The molecular weight excluding hydrogens is 150 g/mol. The van der Waals surface area contributed by atoms with Gasteiger partial charge in [0.2, 0.25) is 0 Å². The zero-order valence-corrected chi connectivity index (χ0v) is 6.07. The van der Waals surface area contributed by atoms with Crippen LogP contribution in [-0.4, -0.2) is 15.0 Å². The van der Waals surface area contributed by atoms with Gasteiger partial charge in [-0.3, -0.25) is 4.98 Å². The van der Waals surface area contributed by atoms with Crippen LogP contribution >= 0.6 is 0 Å². The third kappa shape index (κ3) is 1.29. The van der Waals surface area contributed by atoms with Gasteiger partial charge in [-0.15, -0.1) is 0 Å². The van der Waals surface area contributed by atoms with Crippen molar-refractivity contribution in [3.05, 3.63) is 43.0 Å². The molecule has 58 valence electrons. The topological polar surface area (TPSA) is 38.7 Å². The minimum absolute atomic E-state index is 0.0475. The van der Waals surface area contributed by atoms with E-state index in [1.54, 1.807) is 12.1 Å². The molecule has 0 atom stereocenters. The second kappa shape index (κ2) is 3.09. The average molecular weight is 161 g/mol. The molecule has 2 aromatic heterocycles. The minimum atomic E-state index is -0.360. The van der Waals surface area contributed by atoms with Gasteiger partial charge < -0.3 is 0 Å². The molecule has 2 rings (SSSR count). The number of pyridine rings is 1. The smallest absolute Gasteiger partial charge is 0.115 e. The van der Waals surface area contributed by atoms with Crippen LogP contribution < -0.4 is 0 Å². The van der Waals surface area contributed by atoms with E-state index >= 15 is 0 Å². The molecule has 0 aliphatic heterocycles. The van der Waals surface area contributed by atoms with E-state index in [1.807, 2.05) is 0 Å². The lowest BCUT2D eigenvalue weighted by Crippen LogP contribution is -1.83. The van der Waals surface area contributed by atoms with E-state index < -0.39 is 0 Å². The minimum Gasteiger partial charge on any atom is -0.256 e. The molecule has 0 saturated carbocycles. The fourth-order valence-electron chi connectivity index (χ4n) is 0.792. The summed E-state index contributed by atoms with van der Waals surface area (Å²) in [6.45, 7) is 0. The fraction of sp³-hybridized carbons (Fsp3) is 0. The molecule has 0 aliphatic rings. The highest BCUT2D eigenvalue weighted by Crippen LogP contribution is 2.11. The predicted octanol–water partition coefficient (Wildman–Crippen LogP) is 1.54. The molecule has 0 spiro atoms. The maximum absolute atomic E-state index is 7.57. The van der Waals surface area contributed by atoms with Crippen molar-refractivity contribution in [3.63, 3.8) is 0 Å². The molecule has 12 heavy (non-hydrogen) atoms. The maximum Gasteiger partial charge on any atom is 0.115 e. The van der Waals surface area contributed by atoms with Gasteiger partial charge in [0.15, 0.2) is 0 Å². The largest absolute Gasteiger partial charge is 0.256 e. The Kier molecular flexibility index (Phi) is 0.967. The molecule has 0 N–H and O–H groups in total. The summed E-state index contributed by atoms with van der Waals surface area (Å²) in [5.41, 5.74) is 0.451. The lowest BCUT2D eigenvalue weighted by atomic mass is 10.2. The van der Waals surface area contributed by atoms with Crippen molar-refractivity contribution in [3.8, 4) is 11.3 Å². The van der Waals surface area contributed by atoms with Gasteiger partial charge >= 0.3 is 0 Å². The summed E-state index contributed by atoms with van der Waals surface area (Å²) in [5.74, 6) is 0. The second-order valence-corrected chi connectivity index (χ2v) is 2.07. The van der Waals surface area contributed by atoms with Crippen LogP contribution in [0.15, 0.2) is 43.0 Å². The number of hydrogen-bond donors (Lipinski definition) is 0. The highest BCUT2D eigenvalue weighted by molar-refractivity contribution is 5.55. The van der Waals surface area contributed by atoms with Crippen molar-refractivity contribution in [1.29, 1.82) is 0 Å². The van der Waals surface area contributed by atoms with E-state index in [2.05, 4.69) is 15.0 Å². The molecule has 0 fully saturated rings. The summed E-state index contributed by atoms with van der Waals surface area (Å²) in [7, 11) is 0. The Labute approximate surface area is 75.8 Å². The molecule has 0 saturated heterocycles. The first-order valence-electron chi connectivity index (χ1n) is 5.34. The van der Waals surface area contributed by atoms with E-state index in [1.165, 1.54) is 6.07 Å². The van der Waals surface area contributed by atoms with E-state index in [4.69, 9.17) is 5.48 Å². The van der Waals surface area contributed by atoms with Crippen molar-refractivity contribution < 1.29 is 5.48 Å². The van der Waals surface area contributed by atoms with E-state index in [-0.39, 0.29) is 30.4 Å². The Bertz CT molecular complexity index is 521. The lowest BCUT2D eigenvalue weighted by Gasteiger charge is -1.96. The number of rotatable bonds is 1. The van der Waals surface area contributed by atoms with Crippen LogP contribution in [0, 0.1) is 0 Å². The fourth-order valence-corrected chi connectivity index (χ4v) is 0.792. The third-order valence-corrected chi connectivity index (χ3v) is 1.30. The van der Waals surface area contributed by atoms with Gasteiger partial charge in [0.1, 0.15) is 7.67 Å². The molecule has 0 aromatic carbocycles. The molecule has 0 aliphatic carbocycles. The maximum atomic E-state index is 7.57. The Morgan fingerprint density at radius 1 is 1.17 bits per heavy atom. The first-order chi connectivity index (χ1) is 7.58. The van der Waals surface area contributed by atoms with Crippen molar-refractivity contribution in [1.82, 2.24) is 15.0 Å². The third-order valence-electron chi connectivity index (χ3n) is 1.30. The summed E-state index contributed by atoms with van der Waals surface area (Å²) in [5, 5.41) is 0. The van der Waals surface area contributed by atoms with Crippen molar-refractivity contribution in [2.45, 2.75) is 0 Å². The summed E-state index contributed by atoms with van der Waals surface area (Å²) >= 11 is 0. The van der Waals surface area contributed by atoms with Gasteiger partial charge in [-0.1, -0.05) is 6.07 Å². The van der Waals surface area contributed by atoms with Crippen LogP contribution in [0.4, 0.5) is 0 Å². The van der Waals surface area contributed by atoms with E-state index in [0.29, 0.717) is 5.69 Å². The van der Waals surface area contributed by atoms with Gasteiger partial charge in [-0.05, 0) is 12.1 Å². The zero-order valence-electron chi connectivity index (χ0n) is 10.1. The highest BCUT2D eigenvalue weighted by atomic mass is 14.8. The van der Waals surface area contributed by atoms with Crippen LogP contribution in [0.3, 0.4) is 0 Å². The Morgan fingerprint density at radius 3 is 2.75 bits per heavy atom. The molecule has 3 heteroatoms. The quantitative estimate of drug-likeness (QED) is 0.636. The lowest BCUT2D eigenvalue weighted by molar-refractivity contribution is 1.16. The SMILES string of the molecule is [2H]c1cccc(-c2c([2H])nc([2H])nc2[2H])n1. The standard InChI is InChI=1S/C9H7N3/c1-2-4-12-9(3-1)8-5-10-7-11-6-8/h1-7H/i4D,5D,6D,7D. The molecule has 3 nitrogen and oxygen atoms in total. The first kappa shape index (κ1) is 3.76. The monoisotopic (exact) mass is 161 g/mol.